The molecule has 0 aliphatic carbocycles. The molecule has 116 valence electrons. The van der Waals surface area contributed by atoms with E-state index in [1.165, 1.54) is 0 Å². The first-order valence-electron chi connectivity index (χ1n) is 7.37. The number of nitrogens with zero attached hydrogens (tertiary/aromatic N) is 4. The zero-order valence-electron chi connectivity index (χ0n) is 12.8. The minimum Gasteiger partial charge on any atom is -0.356 e. The van der Waals surface area contributed by atoms with Crippen LogP contribution in [0.5, 0.6) is 0 Å². The number of imidazole rings is 1. The molecule has 0 aliphatic rings. The number of nitrogens with one attached hydrogen (secondary N) is 1. The van der Waals surface area contributed by atoms with E-state index in [9.17, 15) is 4.79 Å². The van der Waals surface area contributed by atoms with Crippen molar-refractivity contribution in [3.05, 3.63) is 11.5 Å². The second kappa shape index (κ2) is 6.93. The van der Waals surface area contributed by atoms with Gasteiger partial charge in [0.05, 0.1) is 11.6 Å². The van der Waals surface area contributed by atoms with E-state index in [2.05, 4.69) is 15.4 Å². The van der Waals surface area contributed by atoms with Gasteiger partial charge >= 0.3 is 0 Å². The zero-order valence-corrected chi connectivity index (χ0v) is 13.6. The van der Waals surface area contributed by atoms with Crippen molar-refractivity contribution in [3.8, 4) is 0 Å². The number of rotatable bonds is 7. The molecule has 2 rings (SSSR count). The van der Waals surface area contributed by atoms with E-state index < -0.39 is 0 Å². The van der Waals surface area contributed by atoms with E-state index in [0.29, 0.717) is 25.4 Å². The van der Waals surface area contributed by atoms with Crippen LogP contribution in [-0.4, -0.2) is 31.8 Å². The van der Waals surface area contributed by atoms with E-state index in [1.807, 2.05) is 30.0 Å². The maximum Gasteiger partial charge on any atom is 0.221 e. The molecule has 0 unspecified atom stereocenters. The van der Waals surface area contributed by atoms with Crippen LogP contribution in [0.2, 0.25) is 0 Å². The third-order valence-corrected chi connectivity index (χ3v) is 3.67. The van der Waals surface area contributed by atoms with E-state index in [4.69, 9.17) is 11.6 Å². The Labute approximate surface area is 129 Å². The fourth-order valence-electron chi connectivity index (χ4n) is 2.39. The van der Waals surface area contributed by atoms with Crippen LogP contribution in [0.25, 0.3) is 11.2 Å². The Morgan fingerprint density at radius 1 is 1.38 bits per heavy atom. The predicted molar refractivity (Wildman–Crippen MR) is 83.4 cm³/mol. The molecule has 0 spiro atoms. The van der Waals surface area contributed by atoms with Crippen molar-refractivity contribution in [3.63, 3.8) is 0 Å². The molecule has 6 nitrogen and oxygen atoms in total. The van der Waals surface area contributed by atoms with Crippen molar-refractivity contribution >= 4 is 28.7 Å². The molecule has 1 N–H and O–H groups in total. The van der Waals surface area contributed by atoms with Gasteiger partial charge in [-0.05, 0) is 20.3 Å². The molecule has 0 radical (unpaired) electrons. The summed E-state index contributed by atoms with van der Waals surface area (Å²) in [6.45, 7) is 8.06. The van der Waals surface area contributed by atoms with Gasteiger partial charge in [0.1, 0.15) is 11.3 Å². The maximum atomic E-state index is 11.8. The van der Waals surface area contributed by atoms with Crippen molar-refractivity contribution in [1.82, 2.24) is 24.6 Å². The van der Waals surface area contributed by atoms with Gasteiger partial charge in [0.15, 0.2) is 5.65 Å². The lowest BCUT2D eigenvalue weighted by molar-refractivity contribution is -0.121. The number of carbonyl (C=O) groups excluding carboxylic acids is 1. The molecule has 2 heterocycles. The summed E-state index contributed by atoms with van der Waals surface area (Å²) in [5, 5.41) is 7.36. The number of halogens is 1. The van der Waals surface area contributed by atoms with Crippen LogP contribution < -0.4 is 5.32 Å². The summed E-state index contributed by atoms with van der Waals surface area (Å²) in [6, 6.07) is 0. The molecule has 0 aliphatic heterocycles. The Kier molecular flexibility index (Phi) is 5.22. The first kappa shape index (κ1) is 15.8. The first-order valence-corrected chi connectivity index (χ1v) is 7.90. The normalized spacial score (nSPS) is 11.2. The number of amides is 1. The Morgan fingerprint density at radius 3 is 2.76 bits per heavy atom. The third-order valence-electron chi connectivity index (χ3n) is 3.43. The Bertz CT molecular complexity index is 631. The van der Waals surface area contributed by atoms with Crippen LogP contribution in [0.3, 0.4) is 0 Å². The molecule has 1 amide bonds. The van der Waals surface area contributed by atoms with E-state index >= 15 is 0 Å². The number of hydrogen-bond acceptors (Lipinski definition) is 3. The number of alkyl halides is 1. The minimum absolute atomic E-state index is 0.0542. The predicted octanol–water partition coefficient (Wildman–Crippen LogP) is 2.22. The third kappa shape index (κ3) is 3.20. The van der Waals surface area contributed by atoms with Gasteiger partial charge in [-0.2, -0.15) is 5.10 Å². The molecule has 2 aromatic heterocycles. The Balaban J connectivity index is 2.26. The number of fused-ring (bicyclic) bond motifs is 1. The van der Waals surface area contributed by atoms with Crippen molar-refractivity contribution in [2.75, 3.05) is 6.54 Å². The highest BCUT2D eigenvalue weighted by Crippen LogP contribution is 2.21. The number of carbonyl (C=O) groups is 1. The lowest BCUT2D eigenvalue weighted by Crippen LogP contribution is -2.25. The van der Waals surface area contributed by atoms with Crippen molar-refractivity contribution in [2.24, 2.45) is 0 Å². The highest BCUT2D eigenvalue weighted by molar-refractivity contribution is 6.16. The van der Waals surface area contributed by atoms with Crippen molar-refractivity contribution < 1.29 is 4.79 Å². The van der Waals surface area contributed by atoms with E-state index in [0.717, 1.165) is 35.6 Å². The van der Waals surface area contributed by atoms with Crippen molar-refractivity contribution in [2.45, 2.75) is 52.6 Å². The average molecular weight is 312 g/mol. The highest BCUT2D eigenvalue weighted by Gasteiger charge is 2.18. The molecule has 0 atom stereocenters. The first-order chi connectivity index (χ1) is 10.1. The summed E-state index contributed by atoms with van der Waals surface area (Å²) in [4.78, 5) is 16.3. The number of aromatic nitrogens is 4. The molecule has 0 bridgehead atoms. The lowest BCUT2D eigenvalue weighted by Gasteiger charge is -2.09. The van der Waals surface area contributed by atoms with Gasteiger partial charge in [-0.3, -0.25) is 4.79 Å². The minimum atomic E-state index is 0.0542. The summed E-state index contributed by atoms with van der Waals surface area (Å²) < 4.78 is 3.93. The van der Waals surface area contributed by atoms with Gasteiger partial charge in [-0.15, -0.1) is 11.6 Å². The molecule has 0 fully saturated rings. The quantitative estimate of drug-likeness (QED) is 0.797. The molecule has 7 heteroatoms. The van der Waals surface area contributed by atoms with Gasteiger partial charge < -0.3 is 9.88 Å². The second-order valence-electron chi connectivity index (χ2n) is 4.99. The van der Waals surface area contributed by atoms with Crippen LogP contribution in [-0.2, 0) is 23.8 Å². The maximum absolute atomic E-state index is 11.8. The Morgan fingerprint density at radius 2 is 2.14 bits per heavy atom. The molecule has 2 aromatic rings. The Hall–Kier alpha value is -1.56. The summed E-state index contributed by atoms with van der Waals surface area (Å²) in [5.74, 6) is 1.17. The summed E-state index contributed by atoms with van der Waals surface area (Å²) in [5.41, 5.74) is 2.72. The summed E-state index contributed by atoms with van der Waals surface area (Å²) in [7, 11) is 0. The standard InChI is InChI=1S/C14H22ClN5O/c1-4-7-16-12(21)6-8-19-11(9-15)17-13-10(3)18-20(5-2)14(13)19/h4-9H2,1-3H3,(H,16,21). The summed E-state index contributed by atoms with van der Waals surface area (Å²) >= 11 is 5.99. The van der Waals surface area contributed by atoms with Crippen LogP contribution in [0.15, 0.2) is 0 Å². The topological polar surface area (TPSA) is 64.7 Å². The summed E-state index contributed by atoms with van der Waals surface area (Å²) in [6.07, 6.45) is 1.36. The fraction of sp³-hybridized carbons (Fsp3) is 0.643. The smallest absolute Gasteiger partial charge is 0.221 e. The van der Waals surface area contributed by atoms with Gasteiger partial charge in [0.2, 0.25) is 5.91 Å². The average Bonchev–Trinajstić information content (AvgIpc) is 3.00. The molecular weight excluding hydrogens is 290 g/mol. The van der Waals surface area contributed by atoms with E-state index in [1.54, 1.807) is 0 Å². The SMILES string of the molecule is CCCNC(=O)CCn1c(CCl)nc2c(C)nn(CC)c21. The highest BCUT2D eigenvalue weighted by atomic mass is 35.5. The van der Waals surface area contributed by atoms with Crippen LogP contribution >= 0.6 is 11.6 Å². The molecule has 0 aromatic carbocycles. The molecule has 0 saturated heterocycles. The van der Waals surface area contributed by atoms with Gasteiger partial charge in [0, 0.05) is 26.1 Å². The molecular formula is C14H22ClN5O. The number of hydrogen-bond donors (Lipinski definition) is 1. The monoisotopic (exact) mass is 311 g/mol. The number of aryl methyl sites for hydroxylation is 3. The lowest BCUT2D eigenvalue weighted by atomic mass is 10.3. The molecule has 0 saturated carbocycles. The zero-order chi connectivity index (χ0) is 15.4. The van der Waals surface area contributed by atoms with Crippen LogP contribution in [0, 0.1) is 6.92 Å². The largest absolute Gasteiger partial charge is 0.356 e. The fourth-order valence-corrected chi connectivity index (χ4v) is 2.60. The van der Waals surface area contributed by atoms with Crippen molar-refractivity contribution in [1.29, 1.82) is 0 Å². The van der Waals surface area contributed by atoms with Gasteiger partial charge in [-0.25, -0.2) is 9.67 Å². The van der Waals surface area contributed by atoms with Crippen LogP contribution in [0.1, 0.15) is 38.2 Å². The molecule has 21 heavy (non-hydrogen) atoms. The van der Waals surface area contributed by atoms with E-state index in [-0.39, 0.29) is 5.91 Å². The van der Waals surface area contributed by atoms with Crippen LogP contribution in [0.4, 0.5) is 0 Å². The van der Waals surface area contributed by atoms with Gasteiger partial charge in [-0.1, -0.05) is 6.92 Å². The second-order valence-corrected chi connectivity index (χ2v) is 5.25. The van der Waals surface area contributed by atoms with Gasteiger partial charge in [0.25, 0.3) is 0 Å².